The lowest BCUT2D eigenvalue weighted by molar-refractivity contribution is -0.121. The van der Waals surface area contributed by atoms with Crippen LogP contribution in [0, 0.1) is 5.82 Å². The van der Waals surface area contributed by atoms with Crippen molar-refractivity contribution in [1.29, 1.82) is 0 Å². The van der Waals surface area contributed by atoms with Crippen LogP contribution in [-0.4, -0.2) is 22.9 Å². The number of benzene rings is 1. The van der Waals surface area contributed by atoms with Crippen molar-refractivity contribution in [2.24, 2.45) is 0 Å². The molecular weight excluding hydrogens is 301 g/mol. The third-order valence-corrected chi connectivity index (χ3v) is 2.94. The summed E-state index contributed by atoms with van der Waals surface area (Å²) in [4.78, 5) is 34.3. The summed E-state index contributed by atoms with van der Waals surface area (Å²) in [7, 11) is 0. The fraction of sp³-hybridized carbons (Fsp3) is 0.0625. The van der Waals surface area contributed by atoms with E-state index in [0.29, 0.717) is 5.69 Å². The first kappa shape index (κ1) is 16.2. The Kier molecular flexibility index (Phi) is 5.03. The third-order valence-electron chi connectivity index (χ3n) is 2.94. The van der Waals surface area contributed by atoms with Crippen LogP contribution in [0.2, 0.25) is 0 Å². The molecule has 6 nitrogen and oxygen atoms in total. The molecule has 7 heteroatoms. The summed E-state index contributed by atoms with van der Waals surface area (Å²) in [5.41, 5.74) is -0.00235. The van der Waals surface area contributed by atoms with E-state index in [0.717, 1.165) is 12.1 Å². The zero-order chi connectivity index (χ0) is 16.8. The van der Waals surface area contributed by atoms with E-state index < -0.39 is 17.6 Å². The van der Waals surface area contributed by atoms with Crippen molar-refractivity contribution in [1.82, 2.24) is 9.88 Å². The Labute approximate surface area is 131 Å². The van der Waals surface area contributed by atoms with Crippen LogP contribution in [0.3, 0.4) is 0 Å². The summed E-state index contributed by atoms with van der Waals surface area (Å²) in [6.45, 7) is 2.95. The Morgan fingerprint density at radius 3 is 2.70 bits per heavy atom. The second-order valence-corrected chi connectivity index (χ2v) is 4.54. The summed E-state index contributed by atoms with van der Waals surface area (Å²) < 4.78 is 15.3. The molecule has 2 rings (SSSR count). The van der Waals surface area contributed by atoms with Gasteiger partial charge in [-0.1, -0.05) is 12.6 Å². The standard InChI is InChI=1S/C16H14FN3O3/c1-2-14(21)18-10-15(22)19-13-7-6-11(9-12(13)17)20-8-4-3-5-16(20)23/h2-9H,1,10H2,(H,18,21)(H,19,22). The van der Waals surface area contributed by atoms with Gasteiger partial charge in [0.05, 0.1) is 17.9 Å². The van der Waals surface area contributed by atoms with Crippen molar-refractivity contribution in [3.05, 3.63) is 71.4 Å². The number of aromatic nitrogens is 1. The van der Waals surface area contributed by atoms with Crippen LogP contribution in [0.5, 0.6) is 0 Å². The molecule has 2 aromatic rings. The molecule has 1 aromatic heterocycles. The average molecular weight is 315 g/mol. The quantitative estimate of drug-likeness (QED) is 0.814. The fourth-order valence-corrected chi connectivity index (χ4v) is 1.83. The number of pyridine rings is 1. The summed E-state index contributed by atoms with van der Waals surface area (Å²) >= 11 is 0. The number of nitrogens with zero attached hydrogens (tertiary/aromatic N) is 1. The lowest BCUT2D eigenvalue weighted by Crippen LogP contribution is -2.31. The van der Waals surface area contributed by atoms with Gasteiger partial charge < -0.3 is 10.6 Å². The number of amides is 2. The highest BCUT2D eigenvalue weighted by molar-refractivity contribution is 5.96. The summed E-state index contributed by atoms with van der Waals surface area (Å²) in [6.07, 6.45) is 2.54. The van der Waals surface area contributed by atoms with Crippen molar-refractivity contribution < 1.29 is 14.0 Å². The predicted molar refractivity (Wildman–Crippen MR) is 83.8 cm³/mol. The van der Waals surface area contributed by atoms with E-state index >= 15 is 0 Å². The van der Waals surface area contributed by atoms with Gasteiger partial charge in [0.2, 0.25) is 11.8 Å². The van der Waals surface area contributed by atoms with E-state index in [1.165, 1.54) is 29.0 Å². The first-order chi connectivity index (χ1) is 11.0. The monoisotopic (exact) mass is 315 g/mol. The van der Waals surface area contributed by atoms with Gasteiger partial charge in [-0.25, -0.2) is 4.39 Å². The molecule has 0 spiro atoms. The molecule has 0 unspecified atom stereocenters. The molecule has 2 amide bonds. The zero-order valence-electron chi connectivity index (χ0n) is 12.1. The number of nitrogens with one attached hydrogen (secondary N) is 2. The van der Waals surface area contributed by atoms with Gasteiger partial charge in [0, 0.05) is 18.3 Å². The molecule has 0 bridgehead atoms. The van der Waals surface area contributed by atoms with Crippen LogP contribution >= 0.6 is 0 Å². The van der Waals surface area contributed by atoms with Gasteiger partial charge in [-0.2, -0.15) is 0 Å². The largest absolute Gasteiger partial charge is 0.343 e. The Balaban J connectivity index is 2.12. The molecule has 2 N–H and O–H groups in total. The Morgan fingerprint density at radius 1 is 1.26 bits per heavy atom. The number of hydrogen-bond acceptors (Lipinski definition) is 3. The van der Waals surface area contributed by atoms with Crippen molar-refractivity contribution in [2.75, 3.05) is 11.9 Å². The van der Waals surface area contributed by atoms with Gasteiger partial charge in [-0.05, 0) is 24.3 Å². The van der Waals surface area contributed by atoms with Crippen LogP contribution in [0.4, 0.5) is 10.1 Å². The molecule has 23 heavy (non-hydrogen) atoms. The smallest absolute Gasteiger partial charge is 0.255 e. The van der Waals surface area contributed by atoms with Gasteiger partial charge in [0.15, 0.2) is 0 Å². The van der Waals surface area contributed by atoms with Crippen molar-refractivity contribution in [3.8, 4) is 5.69 Å². The molecule has 0 fully saturated rings. The van der Waals surface area contributed by atoms with Gasteiger partial charge in [-0.3, -0.25) is 19.0 Å². The highest BCUT2D eigenvalue weighted by Crippen LogP contribution is 2.17. The van der Waals surface area contributed by atoms with E-state index in [1.807, 2.05) is 0 Å². The average Bonchev–Trinajstić information content (AvgIpc) is 2.55. The second kappa shape index (κ2) is 7.17. The topological polar surface area (TPSA) is 80.2 Å². The highest BCUT2D eigenvalue weighted by atomic mass is 19.1. The fourth-order valence-electron chi connectivity index (χ4n) is 1.83. The molecule has 0 aliphatic rings. The SMILES string of the molecule is C=CC(=O)NCC(=O)Nc1ccc(-n2ccccc2=O)cc1F. The van der Waals surface area contributed by atoms with E-state index in [4.69, 9.17) is 0 Å². The summed E-state index contributed by atoms with van der Waals surface area (Å²) in [5, 5.41) is 4.61. The van der Waals surface area contributed by atoms with Crippen molar-refractivity contribution >= 4 is 17.5 Å². The maximum atomic E-state index is 14.1. The number of carbonyl (C=O) groups is 2. The molecule has 0 atom stereocenters. The number of rotatable bonds is 5. The summed E-state index contributed by atoms with van der Waals surface area (Å²) in [6, 6.07) is 8.58. The molecule has 0 saturated heterocycles. The highest BCUT2D eigenvalue weighted by Gasteiger charge is 2.09. The molecule has 118 valence electrons. The van der Waals surface area contributed by atoms with E-state index in [9.17, 15) is 18.8 Å². The Morgan fingerprint density at radius 2 is 2.04 bits per heavy atom. The summed E-state index contributed by atoms with van der Waals surface area (Å²) in [5.74, 6) is -1.77. The molecule has 0 radical (unpaired) electrons. The van der Waals surface area contributed by atoms with Crippen LogP contribution in [0.1, 0.15) is 0 Å². The van der Waals surface area contributed by atoms with E-state index in [2.05, 4.69) is 17.2 Å². The minimum absolute atomic E-state index is 0.0458. The van der Waals surface area contributed by atoms with Gasteiger partial charge >= 0.3 is 0 Å². The molecular formula is C16H14FN3O3. The van der Waals surface area contributed by atoms with Crippen LogP contribution in [-0.2, 0) is 9.59 Å². The van der Waals surface area contributed by atoms with Gasteiger partial charge in [-0.15, -0.1) is 0 Å². The van der Waals surface area contributed by atoms with Gasteiger partial charge in [0.25, 0.3) is 5.56 Å². The molecule has 0 saturated carbocycles. The zero-order valence-corrected chi connectivity index (χ0v) is 12.1. The normalized spacial score (nSPS) is 9.96. The Bertz CT molecular complexity index is 814. The first-order valence-electron chi connectivity index (χ1n) is 6.69. The van der Waals surface area contributed by atoms with Crippen LogP contribution in [0.25, 0.3) is 5.69 Å². The third kappa shape index (κ3) is 4.13. The number of halogens is 1. The van der Waals surface area contributed by atoms with Gasteiger partial charge in [0.1, 0.15) is 5.82 Å². The minimum Gasteiger partial charge on any atom is -0.343 e. The van der Waals surface area contributed by atoms with E-state index in [-0.39, 0.29) is 17.8 Å². The second-order valence-electron chi connectivity index (χ2n) is 4.54. The first-order valence-corrected chi connectivity index (χ1v) is 6.69. The number of anilines is 1. The van der Waals surface area contributed by atoms with Crippen LogP contribution < -0.4 is 16.2 Å². The maximum absolute atomic E-state index is 14.1. The number of carbonyl (C=O) groups excluding carboxylic acids is 2. The number of hydrogen-bond donors (Lipinski definition) is 2. The van der Waals surface area contributed by atoms with E-state index in [1.54, 1.807) is 12.1 Å². The minimum atomic E-state index is -0.693. The predicted octanol–water partition coefficient (Wildman–Crippen LogP) is 1.22. The van der Waals surface area contributed by atoms with Crippen LogP contribution in [0.15, 0.2) is 60.0 Å². The molecule has 0 aliphatic carbocycles. The Hall–Kier alpha value is -3.22. The molecule has 0 aliphatic heterocycles. The lowest BCUT2D eigenvalue weighted by Gasteiger charge is -2.10. The van der Waals surface area contributed by atoms with Crippen molar-refractivity contribution in [2.45, 2.75) is 0 Å². The maximum Gasteiger partial charge on any atom is 0.255 e. The lowest BCUT2D eigenvalue weighted by atomic mass is 10.2. The molecule has 1 heterocycles. The van der Waals surface area contributed by atoms with Crippen molar-refractivity contribution in [3.63, 3.8) is 0 Å². The molecule has 1 aromatic carbocycles.